The fourth-order valence-electron chi connectivity index (χ4n) is 3.53. The van der Waals surface area contributed by atoms with Gasteiger partial charge in [0.15, 0.2) is 0 Å². The van der Waals surface area contributed by atoms with Crippen molar-refractivity contribution < 1.29 is 9.53 Å². The van der Waals surface area contributed by atoms with Gasteiger partial charge in [-0.15, -0.1) is 0 Å². The summed E-state index contributed by atoms with van der Waals surface area (Å²) in [5.41, 5.74) is 3.01. The van der Waals surface area contributed by atoms with Crippen molar-refractivity contribution in [1.82, 2.24) is 9.97 Å². The largest absolute Gasteiger partial charge is 0.457 e. The average molecular weight is 367 g/mol. The Morgan fingerprint density at radius 1 is 1.19 bits per heavy atom. The van der Waals surface area contributed by atoms with E-state index < -0.39 is 5.60 Å². The number of nitrogens with zero attached hydrogens (tertiary/aromatic N) is 1. The van der Waals surface area contributed by atoms with Gasteiger partial charge in [0.1, 0.15) is 11.4 Å². The standard InChI is InChI=1S/C23H30N2O2/c1-23(2,3)27-22(26)14-13-17-9-11-18(12-10-17)15-21-24-16-20(25-21)19-7-5-4-6-8-19/h9-14,16,19H,4-8,15H2,1-3H3,(H,24,25). The van der Waals surface area contributed by atoms with E-state index in [0.717, 1.165) is 17.8 Å². The molecule has 1 fully saturated rings. The summed E-state index contributed by atoms with van der Waals surface area (Å²) in [6.45, 7) is 5.59. The van der Waals surface area contributed by atoms with Gasteiger partial charge in [-0.25, -0.2) is 9.78 Å². The molecule has 0 spiro atoms. The normalized spacial score (nSPS) is 16.0. The number of benzene rings is 1. The fraction of sp³-hybridized carbons (Fsp3) is 0.478. The van der Waals surface area contributed by atoms with E-state index in [1.807, 2.05) is 39.1 Å². The Kier molecular flexibility index (Phi) is 6.15. The van der Waals surface area contributed by atoms with Crippen LogP contribution in [0.1, 0.15) is 81.4 Å². The van der Waals surface area contributed by atoms with Crippen LogP contribution in [0, 0.1) is 0 Å². The number of hydrogen-bond acceptors (Lipinski definition) is 3. The molecular formula is C23H30N2O2. The number of esters is 1. The highest BCUT2D eigenvalue weighted by molar-refractivity contribution is 5.87. The third-order valence-electron chi connectivity index (χ3n) is 4.86. The number of aromatic nitrogens is 2. The highest BCUT2D eigenvalue weighted by atomic mass is 16.6. The zero-order valence-corrected chi connectivity index (χ0v) is 16.6. The first-order chi connectivity index (χ1) is 12.9. The molecule has 27 heavy (non-hydrogen) atoms. The van der Waals surface area contributed by atoms with Crippen molar-refractivity contribution in [2.24, 2.45) is 0 Å². The SMILES string of the molecule is CC(C)(C)OC(=O)C=Cc1ccc(Cc2ncc(C3CCCCC3)[nH]2)cc1. The number of carbonyl (C=O) groups excluding carboxylic acids is 1. The lowest BCUT2D eigenvalue weighted by molar-refractivity contribution is -0.148. The Balaban J connectivity index is 1.56. The topological polar surface area (TPSA) is 55.0 Å². The smallest absolute Gasteiger partial charge is 0.331 e. The summed E-state index contributed by atoms with van der Waals surface area (Å²) in [4.78, 5) is 19.8. The van der Waals surface area contributed by atoms with Crippen LogP contribution >= 0.6 is 0 Å². The molecule has 4 nitrogen and oxygen atoms in total. The summed E-state index contributed by atoms with van der Waals surface area (Å²) >= 11 is 0. The summed E-state index contributed by atoms with van der Waals surface area (Å²) in [5, 5.41) is 0. The van der Waals surface area contributed by atoms with Crippen LogP contribution in [0.25, 0.3) is 6.08 Å². The molecule has 1 aliphatic rings. The van der Waals surface area contributed by atoms with Crippen molar-refractivity contribution >= 4 is 12.0 Å². The molecule has 0 amide bonds. The number of hydrogen-bond donors (Lipinski definition) is 1. The molecule has 2 aromatic rings. The molecule has 1 aliphatic carbocycles. The number of H-pyrrole nitrogens is 1. The molecule has 0 saturated heterocycles. The quantitative estimate of drug-likeness (QED) is 0.569. The number of rotatable bonds is 5. The van der Waals surface area contributed by atoms with E-state index in [-0.39, 0.29) is 5.97 Å². The van der Waals surface area contributed by atoms with Gasteiger partial charge in [-0.1, -0.05) is 43.5 Å². The fourth-order valence-corrected chi connectivity index (χ4v) is 3.53. The lowest BCUT2D eigenvalue weighted by Crippen LogP contribution is -2.22. The summed E-state index contributed by atoms with van der Waals surface area (Å²) in [5.74, 6) is 1.35. The average Bonchev–Trinajstić information content (AvgIpc) is 3.09. The minimum absolute atomic E-state index is 0.322. The number of nitrogens with one attached hydrogen (secondary N) is 1. The van der Waals surface area contributed by atoms with Crippen LogP contribution in [0.3, 0.4) is 0 Å². The van der Waals surface area contributed by atoms with Crippen molar-refractivity contribution in [2.75, 3.05) is 0 Å². The van der Waals surface area contributed by atoms with E-state index in [0.29, 0.717) is 5.92 Å². The molecule has 1 N–H and O–H groups in total. The van der Waals surface area contributed by atoms with E-state index in [2.05, 4.69) is 22.1 Å². The number of aromatic amines is 1. The maximum Gasteiger partial charge on any atom is 0.331 e. The van der Waals surface area contributed by atoms with Crippen LogP contribution in [0.2, 0.25) is 0 Å². The molecule has 0 radical (unpaired) electrons. The van der Waals surface area contributed by atoms with E-state index >= 15 is 0 Å². The minimum atomic E-state index is -0.467. The van der Waals surface area contributed by atoms with Crippen molar-refractivity contribution in [3.63, 3.8) is 0 Å². The van der Waals surface area contributed by atoms with Crippen molar-refractivity contribution in [3.05, 3.63) is 59.2 Å². The molecule has 0 atom stereocenters. The third kappa shape index (κ3) is 6.09. The van der Waals surface area contributed by atoms with E-state index in [1.54, 1.807) is 6.08 Å². The van der Waals surface area contributed by atoms with Crippen LogP contribution < -0.4 is 0 Å². The van der Waals surface area contributed by atoms with Gasteiger partial charge in [0.05, 0.1) is 0 Å². The van der Waals surface area contributed by atoms with Crippen LogP contribution in [0.15, 0.2) is 36.5 Å². The Morgan fingerprint density at radius 2 is 1.89 bits per heavy atom. The molecule has 0 bridgehead atoms. The Bertz CT molecular complexity index is 775. The van der Waals surface area contributed by atoms with Crippen molar-refractivity contribution in [2.45, 2.75) is 70.8 Å². The summed E-state index contributed by atoms with van der Waals surface area (Å²) in [7, 11) is 0. The summed E-state index contributed by atoms with van der Waals surface area (Å²) in [6, 6.07) is 8.19. The van der Waals surface area contributed by atoms with Gasteiger partial charge in [0, 0.05) is 30.3 Å². The Hall–Kier alpha value is -2.36. The first kappa shape index (κ1) is 19.4. The zero-order valence-electron chi connectivity index (χ0n) is 16.6. The number of imidazole rings is 1. The lowest BCUT2D eigenvalue weighted by Gasteiger charge is -2.19. The van der Waals surface area contributed by atoms with Crippen LogP contribution in [0.4, 0.5) is 0 Å². The van der Waals surface area contributed by atoms with Gasteiger partial charge in [-0.05, 0) is 50.8 Å². The van der Waals surface area contributed by atoms with E-state index in [4.69, 9.17) is 4.74 Å². The Labute approximate surface area is 162 Å². The van der Waals surface area contributed by atoms with Gasteiger partial charge in [0.2, 0.25) is 0 Å². The second kappa shape index (κ2) is 8.55. The minimum Gasteiger partial charge on any atom is -0.457 e. The summed E-state index contributed by atoms with van der Waals surface area (Å²) < 4.78 is 5.28. The molecule has 0 unspecified atom stereocenters. The van der Waals surface area contributed by atoms with Gasteiger partial charge in [-0.3, -0.25) is 0 Å². The molecule has 3 rings (SSSR count). The molecule has 1 heterocycles. The van der Waals surface area contributed by atoms with Gasteiger partial charge < -0.3 is 9.72 Å². The predicted molar refractivity (Wildman–Crippen MR) is 109 cm³/mol. The summed E-state index contributed by atoms with van der Waals surface area (Å²) in [6.07, 6.45) is 12.7. The number of ether oxygens (including phenoxy) is 1. The predicted octanol–water partition coefficient (Wildman–Crippen LogP) is 5.40. The molecular weight excluding hydrogens is 336 g/mol. The molecule has 0 aliphatic heterocycles. The third-order valence-corrected chi connectivity index (χ3v) is 4.86. The first-order valence-electron chi connectivity index (χ1n) is 9.93. The molecule has 1 aromatic carbocycles. The van der Waals surface area contributed by atoms with Crippen molar-refractivity contribution in [3.8, 4) is 0 Å². The second-order valence-electron chi connectivity index (χ2n) is 8.41. The molecule has 144 valence electrons. The van der Waals surface area contributed by atoms with Crippen LogP contribution in [-0.2, 0) is 16.0 Å². The zero-order chi connectivity index (χ0) is 19.3. The van der Waals surface area contributed by atoms with E-state index in [1.165, 1.54) is 49.4 Å². The van der Waals surface area contributed by atoms with Crippen molar-refractivity contribution in [1.29, 1.82) is 0 Å². The van der Waals surface area contributed by atoms with Gasteiger partial charge in [0.25, 0.3) is 0 Å². The lowest BCUT2D eigenvalue weighted by atomic mass is 9.87. The van der Waals surface area contributed by atoms with Crippen LogP contribution in [-0.4, -0.2) is 21.5 Å². The molecule has 4 heteroatoms. The first-order valence-corrected chi connectivity index (χ1v) is 9.93. The van der Waals surface area contributed by atoms with E-state index in [9.17, 15) is 4.79 Å². The molecule has 1 aromatic heterocycles. The number of carbonyl (C=O) groups is 1. The Morgan fingerprint density at radius 3 is 2.56 bits per heavy atom. The second-order valence-corrected chi connectivity index (χ2v) is 8.41. The van der Waals surface area contributed by atoms with Gasteiger partial charge in [-0.2, -0.15) is 0 Å². The highest BCUT2D eigenvalue weighted by Gasteiger charge is 2.17. The maximum atomic E-state index is 11.8. The van der Waals surface area contributed by atoms with Crippen LogP contribution in [0.5, 0.6) is 0 Å². The van der Waals surface area contributed by atoms with Gasteiger partial charge >= 0.3 is 5.97 Å². The molecule has 1 saturated carbocycles. The highest BCUT2D eigenvalue weighted by Crippen LogP contribution is 2.31. The maximum absolute atomic E-state index is 11.8. The monoisotopic (exact) mass is 366 g/mol.